The van der Waals surface area contributed by atoms with E-state index >= 15 is 0 Å². The topological polar surface area (TPSA) is 82.1 Å². The Morgan fingerprint density at radius 1 is 1.18 bits per heavy atom. The maximum Gasteiger partial charge on any atom is 0.504 e. The summed E-state index contributed by atoms with van der Waals surface area (Å²) in [5.41, 5.74) is -0.586. The van der Waals surface area contributed by atoms with Gasteiger partial charge in [0, 0.05) is 26.9 Å². The number of rotatable bonds is 8. The summed E-state index contributed by atoms with van der Waals surface area (Å²) in [4.78, 5) is 22.6. The minimum Gasteiger partial charge on any atom is -0.481 e. The van der Waals surface area contributed by atoms with Crippen molar-refractivity contribution in [1.29, 1.82) is 0 Å². The van der Waals surface area contributed by atoms with Gasteiger partial charge in [0.05, 0.1) is 0 Å². The standard InChI is InChI=1S/C10H20O6Si/c1-6-8(9(7(2)11)10(12)13)17(14-3,15-4)16-5/h8-9H,6H2,1-5H3,(H,12,13). The Balaban J connectivity index is 5.40. The summed E-state index contributed by atoms with van der Waals surface area (Å²) in [6.45, 7) is 3.03. The van der Waals surface area contributed by atoms with Gasteiger partial charge in [-0.3, -0.25) is 9.59 Å². The van der Waals surface area contributed by atoms with Gasteiger partial charge in [-0.15, -0.1) is 0 Å². The normalized spacial score (nSPS) is 15.4. The molecule has 100 valence electrons. The number of carboxylic acids is 1. The minimum absolute atomic E-state index is 0.424. The summed E-state index contributed by atoms with van der Waals surface area (Å²) in [5, 5.41) is 9.13. The second-order valence-electron chi connectivity index (χ2n) is 3.66. The third kappa shape index (κ3) is 3.35. The van der Waals surface area contributed by atoms with Gasteiger partial charge in [-0.1, -0.05) is 6.92 Å². The minimum atomic E-state index is -3.14. The van der Waals surface area contributed by atoms with Crippen LogP contribution in [0.4, 0.5) is 0 Å². The van der Waals surface area contributed by atoms with Crippen molar-refractivity contribution in [2.45, 2.75) is 25.8 Å². The molecule has 0 bridgehead atoms. The van der Waals surface area contributed by atoms with E-state index in [0.717, 1.165) is 0 Å². The molecule has 0 rings (SSSR count). The first-order chi connectivity index (χ1) is 7.90. The molecule has 0 heterocycles. The summed E-state index contributed by atoms with van der Waals surface area (Å²) >= 11 is 0. The van der Waals surface area contributed by atoms with E-state index in [2.05, 4.69) is 0 Å². The Morgan fingerprint density at radius 3 is 1.76 bits per heavy atom. The molecule has 7 heteroatoms. The Morgan fingerprint density at radius 2 is 1.59 bits per heavy atom. The SMILES string of the molecule is CCC(C(C(C)=O)C(=O)O)[Si](OC)(OC)OC. The zero-order chi connectivity index (χ0) is 13.6. The second kappa shape index (κ2) is 6.85. The monoisotopic (exact) mass is 264 g/mol. The number of Topliss-reactive ketones (excluding diaryl/α,β-unsaturated/α-hetero) is 1. The highest BCUT2D eigenvalue weighted by molar-refractivity contribution is 6.63. The molecule has 0 fully saturated rings. The van der Waals surface area contributed by atoms with Gasteiger partial charge in [0.2, 0.25) is 0 Å². The van der Waals surface area contributed by atoms with Crippen molar-refractivity contribution in [3.63, 3.8) is 0 Å². The predicted octanol–water partition coefficient (Wildman–Crippen LogP) is 0.934. The molecular weight excluding hydrogens is 244 g/mol. The fraction of sp³-hybridized carbons (Fsp3) is 0.800. The number of hydrogen-bond acceptors (Lipinski definition) is 5. The molecular formula is C10H20O6Si. The van der Waals surface area contributed by atoms with E-state index in [1.807, 2.05) is 0 Å². The van der Waals surface area contributed by atoms with E-state index in [1.54, 1.807) is 6.92 Å². The third-order valence-corrected chi connectivity index (χ3v) is 6.21. The molecule has 0 amide bonds. The molecule has 2 unspecified atom stereocenters. The van der Waals surface area contributed by atoms with Gasteiger partial charge in [0.25, 0.3) is 0 Å². The van der Waals surface area contributed by atoms with Gasteiger partial charge in [0.15, 0.2) is 0 Å². The number of carbonyl (C=O) groups excluding carboxylic acids is 1. The predicted molar refractivity (Wildman–Crippen MR) is 62.6 cm³/mol. The van der Waals surface area contributed by atoms with E-state index in [-0.39, 0.29) is 0 Å². The van der Waals surface area contributed by atoms with E-state index in [4.69, 9.17) is 18.4 Å². The van der Waals surface area contributed by atoms with Gasteiger partial charge in [-0.2, -0.15) is 0 Å². The van der Waals surface area contributed by atoms with E-state index in [9.17, 15) is 9.59 Å². The van der Waals surface area contributed by atoms with Crippen molar-refractivity contribution in [3.8, 4) is 0 Å². The number of carbonyl (C=O) groups is 2. The molecule has 0 saturated heterocycles. The lowest BCUT2D eigenvalue weighted by molar-refractivity contribution is -0.146. The summed E-state index contributed by atoms with van der Waals surface area (Å²) in [7, 11) is 1.07. The van der Waals surface area contributed by atoms with Crippen molar-refractivity contribution in [3.05, 3.63) is 0 Å². The average molecular weight is 264 g/mol. The zero-order valence-corrected chi connectivity index (χ0v) is 11.9. The summed E-state index contributed by atoms with van der Waals surface area (Å²) in [6.07, 6.45) is 0.429. The fourth-order valence-corrected chi connectivity index (χ4v) is 4.72. The number of carboxylic acid groups (broad SMARTS) is 1. The molecule has 0 radical (unpaired) electrons. The number of hydrogen-bond donors (Lipinski definition) is 1. The summed E-state index contributed by atoms with van der Waals surface area (Å²) in [6, 6.07) is 0. The van der Waals surface area contributed by atoms with Crippen LogP contribution in [0, 0.1) is 5.92 Å². The van der Waals surface area contributed by atoms with Crippen molar-refractivity contribution in [2.75, 3.05) is 21.3 Å². The van der Waals surface area contributed by atoms with Crippen LogP contribution in [0.5, 0.6) is 0 Å². The van der Waals surface area contributed by atoms with Crippen LogP contribution in [0.1, 0.15) is 20.3 Å². The lowest BCUT2D eigenvalue weighted by Gasteiger charge is -2.34. The first-order valence-electron chi connectivity index (χ1n) is 5.28. The van der Waals surface area contributed by atoms with Crippen molar-refractivity contribution >= 4 is 20.6 Å². The number of ketones is 1. The maximum atomic E-state index is 11.5. The molecule has 0 aliphatic carbocycles. The van der Waals surface area contributed by atoms with Gasteiger partial charge < -0.3 is 18.4 Å². The first-order valence-corrected chi connectivity index (χ1v) is 7.09. The van der Waals surface area contributed by atoms with Crippen molar-refractivity contribution in [2.24, 2.45) is 5.92 Å². The molecule has 0 saturated carbocycles. The Labute approximate surface area is 102 Å². The molecule has 2 atom stereocenters. The quantitative estimate of drug-likeness (QED) is 0.519. The highest BCUT2D eigenvalue weighted by Gasteiger charge is 2.53. The molecule has 0 aromatic rings. The second-order valence-corrected chi connectivity index (χ2v) is 6.83. The van der Waals surface area contributed by atoms with Crippen LogP contribution in [-0.2, 0) is 22.9 Å². The van der Waals surface area contributed by atoms with E-state index in [1.165, 1.54) is 28.3 Å². The molecule has 0 aromatic heterocycles. The molecule has 0 spiro atoms. The van der Waals surface area contributed by atoms with Crippen LogP contribution in [0.25, 0.3) is 0 Å². The zero-order valence-electron chi connectivity index (χ0n) is 10.9. The van der Waals surface area contributed by atoms with Crippen molar-refractivity contribution in [1.82, 2.24) is 0 Å². The Hall–Kier alpha value is -0.763. The highest BCUT2D eigenvalue weighted by atomic mass is 28.4. The van der Waals surface area contributed by atoms with Crippen LogP contribution in [-0.4, -0.2) is 47.0 Å². The maximum absolute atomic E-state index is 11.5. The highest BCUT2D eigenvalue weighted by Crippen LogP contribution is 2.35. The summed E-state index contributed by atoms with van der Waals surface area (Å²) in [5.74, 6) is -2.76. The smallest absolute Gasteiger partial charge is 0.481 e. The van der Waals surface area contributed by atoms with Gasteiger partial charge in [0.1, 0.15) is 11.7 Å². The van der Waals surface area contributed by atoms with Crippen LogP contribution in [0.3, 0.4) is 0 Å². The summed E-state index contributed by atoms with van der Waals surface area (Å²) < 4.78 is 15.7. The van der Waals surface area contributed by atoms with E-state index in [0.29, 0.717) is 6.42 Å². The van der Waals surface area contributed by atoms with Crippen LogP contribution in [0.15, 0.2) is 0 Å². The lowest BCUT2D eigenvalue weighted by atomic mass is 9.99. The molecule has 0 aliphatic rings. The fourth-order valence-electron chi connectivity index (χ4n) is 2.02. The molecule has 6 nitrogen and oxygen atoms in total. The molecule has 17 heavy (non-hydrogen) atoms. The first kappa shape index (κ1) is 16.2. The third-order valence-electron chi connectivity index (χ3n) is 2.85. The van der Waals surface area contributed by atoms with Crippen LogP contribution < -0.4 is 0 Å². The molecule has 0 aromatic carbocycles. The number of aliphatic carboxylic acids is 1. The lowest BCUT2D eigenvalue weighted by Crippen LogP contribution is -2.52. The molecule has 1 N–H and O–H groups in total. The molecule has 0 aliphatic heterocycles. The van der Waals surface area contributed by atoms with E-state index < -0.39 is 32.0 Å². The largest absolute Gasteiger partial charge is 0.504 e. The van der Waals surface area contributed by atoms with Gasteiger partial charge >= 0.3 is 14.8 Å². The van der Waals surface area contributed by atoms with Crippen LogP contribution >= 0.6 is 0 Å². The van der Waals surface area contributed by atoms with Gasteiger partial charge in [-0.05, 0) is 13.3 Å². The Bertz CT molecular complexity index is 254. The van der Waals surface area contributed by atoms with Gasteiger partial charge in [-0.25, -0.2) is 0 Å². The van der Waals surface area contributed by atoms with Crippen LogP contribution in [0.2, 0.25) is 5.54 Å². The average Bonchev–Trinajstić information content (AvgIpc) is 2.29. The Kier molecular flexibility index (Phi) is 6.54. The van der Waals surface area contributed by atoms with Crippen molar-refractivity contribution < 1.29 is 28.0 Å².